The van der Waals surface area contributed by atoms with Crippen molar-refractivity contribution in [1.29, 1.82) is 0 Å². The van der Waals surface area contributed by atoms with Crippen LogP contribution in [0.15, 0.2) is 56.9 Å². The topological polar surface area (TPSA) is 38.9 Å². The van der Waals surface area contributed by atoms with E-state index in [2.05, 4.69) is 59.0 Å². The molecule has 3 aromatic rings. The standard InChI is InChI=1S/C17H15BrN2S/c1-10-3-6-16(11(2)7-10)21-17-13-8-12(18)4-5-15(13)20-9-14(17)19/h3-9H,19H2,1-2H3. The molecule has 2 N–H and O–H groups in total. The molecule has 2 aromatic carbocycles. The lowest BCUT2D eigenvalue weighted by Crippen LogP contribution is -1.93. The predicted molar refractivity (Wildman–Crippen MR) is 93.9 cm³/mol. The molecule has 0 saturated carbocycles. The number of hydrogen-bond donors (Lipinski definition) is 1. The van der Waals surface area contributed by atoms with Crippen LogP contribution in [0.1, 0.15) is 11.1 Å². The smallest absolute Gasteiger partial charge is 0.0715 e. The Kier molecular flexibility index (Phi) is 3.91. The van der Waals surface area contributed by atoms with E-state index in [0.29, 0.717) is 5.69 Å². The molecule has 0 spiro atoms. The summed E-state index contributed by atoms with van der Waals surface area (Å²) in [4.78, 5) is 6.69. The summed E-state index contributed by atoms with van der Waals surface area (Å²) in [6, 6.07) is 12.5. The molecule has 0 bridgehead atoms. The van der Waals surface area contributed by atoms with Crippen LogP contribution in [0.4, 0.5) is 5.69 Å². The van der Waals surface area contributed by atoms with Crippen LogP contribution < -0.4 is 5.73 Å². The van der Waals surface area contributed by atoms with Crippen molar-refractivity contribution < 1.29 is 0 Å². The molecule has 2 nitrogen and oxygen atoms in total. The maximum Gasteiger partial charge on any atom is 0.0715 e. The Morgan fingerprint density at radius 1 is 1.10 bits per heavy atom. The van der Waals surface area contributed by atoms with Gasteiger partial charge in [0, 0.05) is 19.6 Å². The molecule has 0 saturated heterocycles. The third kappa shape index (κ3) is 2.92. The van der Waals surface area contributed by atoms with Gasteiger partial charge in [-0.1, -0.05) is 45.4 Å². The maximum absolute atomic E-state index is 6.17. The zero-order valence-electron chi connectivity index (χ0n) is 11.9. The van der Waals surface area contributed by atoms with E-state index in [1.165, 1.54) is 16.0 Å². The summed E-state index contributed by atoms with van der Waals surface area (Å²) in [7, 11) is 0. The monoisotopic (exact) mass is 358 g/mol. The van der Waals surface area contributed by atoms with Gasteiger partial charge >= 0.3 is 0 Å². The SMILES string of the molecule is Cc1ccc(Sc2c(N)cnc3ccc(Br)cc23)c(C)c1. The fraction of sp³-hybridized carbons (Fsp3) is 0.118. The van der Waals surface area contributed by atoms with Crippen LogP contribution in [0.2, 0.25) is 0 Å². The van der Waals surface area contributed by atoms with Crippen LogP contribution in [-0.2, 0) is 0 Å². The Morgan fingerprint density at radius 3 is 2.67 bits per heavy atom. The maximum atomic E-state index is 6.17. The number of halogens is 1. The van der Waals surface area contributed by atoms with Gasteiger partial charge in [-0.05, 0) is 43.7 Å². The zero-order chi connectivity index (χ0) is 15.0. The first-order chi connectivity index (χ1) is 10.0. The second-order valence-corrected chi connectivity index (χ2v) is 7.04. The lowest BCUT2D eigenvalue weighted by molar-refractivity contribution is 1.26. The van der Waals surface area contributed by atoms with Crippen molar-refractivity contribution in [3.8, 4) is 0 Å². The lowest BCUT2D eigenvalue weighted by atomic mass is 10.2. The Labute approximate surface area is 136 Å². The van der Waals surface area contributed by atoms with Crippen molar-refractivity contribution in [2.75, 3.05) is 5.73 Å². The van der Waals surface area contributed by atoms with E-state index in [4.69, 9.17) is 5.73 Å². The first-order valence-electron chi connectivity index (χ1n) is 6.63. The average Bonchev–Trinajstić information content (AvgIpc) is 2.44. The Bertz CT molecular complexity index is 825. The first-order valence-corrected chi connectivity index (χ1v) is 8.24. The molecule has 0 unspecified atom stereocenters. The second-order valence-electron chi connectivity index (χ2n) is 5.08. The third-order valence-corrected chi connectivity index (χ3v) is 5.18. The number of fused-ring (bicyclic) bond motifs is 1. The van der Waals surface area contributed by atoms with Crippen molar-refractivity contribution in [3.63, 3.8) is 0 Å². The van der Waals surface area contributed by atoms with Crippen LogP contribution in [0.3, 0.4) is 0 Å². The van der Waals surface area contributed by atoms with E-state index in [9.17, 15) is 0 Å². The number of anilines is 1. The number of nitrogens with two attached hydrogens (primary N) is 1. The van der Waals surface area contributed by atoms with Crippen molar-refractivity contribution >= 4 is 44.3 Å². The minimum Gasteiger partial charge on any atom is -0.397 e. The van der Waals surface area contributed by atoms with Gasteiger partial charge in [-0.15, -0.1) is 0 Å². The molecule has 21 heavy (non-hydrogen) atoms. The number of aryl methyl sites for hydroxylation is 2. The predicted octanol–water partition coefficient (Wildman–Crippen LogP) is 5.35. The van der Waals surface area contributed by atoms with Gasteiger partial charge in [0.15, 0.2) is 0 Å². The molecule has 3 rings (SSSR count). The van der Waals surface area contributed by atoms with Gasteiger partial charge in [-0.2, -0.15) is 0 Å². The molecule has 1 heterocycles. The quantitative estimate of drug-likeness (QED) is 0.671. The van der Waals surface area contributed by atoms with E-state index in [1.54, 1.807) is 18.0 Å². The van der Waals surface area contributed by atoms with Gasteiger partial charge in [0.2, 0.25) is 0 Å². The highest BCUT2D eigenvalue weighted by Gasteiger charge is 2.10. The van der Waals surface area contributed by atoms with Crippen LogP contribution in [0.5, 0.6) is 0 Å². The summed E-state index contributed by atoms with van der Waals surface area (Å²) in [6.45, 7) is 4.24. The second kappa shape index (κ2) is 5.70. The summed E-state index contributed by atoms with van der Waals surface area (Å²) in [6.07, 6.45) is 1.74. The van der Waals surface area contributed by atoms with Gasteiger partial charge < -0.3 is 5.73 Å². The zero-order valence-corrected chi connectivity index (χ0v) is 14.3. The van der Waals surface area contributed by atoms with E-state index in [1.807, 2.05) is 12.1 Å². The van der Waals surface area contributed by atoms with E-state index < -0.39 is 0 Å². The first kappa shape index (κ1) is 14.4. The van der Waals surface area contributed by atoms with Gasteiger partial charge in [0.05, 0.1) is 17.4 Å². The summed E-state index contributed by atoms with van der Waals surface area (Å²) in [5.41, 5.74) is 10.4. The largest absolute Gasteiger partial charge is 0.397 e. The molecule has 0 aliphatic heterocycles. The highest BCUT2D eigenvalue weighted by atomic mass is 79.9. The van der Waals surface area contributed by atoms with Crippen molar-refractivity contribution in [2.24, 2.45) is 0 Å². The number of pyridine rings is 1. The van der Waals surface area contributed by atoms with Crippen LogP contribution >= 0.6 is 27.7 Å². The number of rotatable bonds is 2. The van der Waals surface area contributed by atoms with Gasteiger partial charge in [-0.25, -0.2) is 0 Å². The third-order valence-electron chi connectivity index (χ3n) is 3.35. The average molecular weight is 359 g/mol. The fourth-order valence-corrected chi connectivity index (χ4v) is 3.67. The number of nitrogen functional groups attached to an aromatic ring is 1. The molecule has 0 aliphatic rings. The molecule has 0 fully saturated rings. The molecule has 106 valence electrons. The van der Waals surface area contributed by atoms with Crippen molar-refractivity contribution in [3.05, 3.63) is 58.2 Å². The molecule has 4 heteroatoms. The molecular weight excluding hydrogens is 344 g/mol. The number of hydrogen-bond acceptors (Lipinski definition) is 3. The van der Waals surface area contributed by atoms with Gasteiger partial charge in [0.25, 0.3) is 0 Å². The summed E-state index contributed by atoms with van der Waals surface area (Å²) in [5.74, 6) is 0. The van der Waals surface area contributed by atoms with Crippen molar-refractivity contribution in [2.45, 2.75) is 23.6 Å². The molecule has 1 aromatic heterocycles. The van der Waals surface area contributed by atoms with Crippen LogP contribution in [0, 0.1) is 13.8 Å². The van der Waals surface area contributed by atoms with Crippen LogP contribution in [-0.4, -0.2) is 4.98 Å². The Morgan fingerprint density at radius 2 is 1.90 bits per heavy atom. The van der Waals surface area contributed by atoms with Gasteiger partial charge in [0.1, 0.15) is 0 Å². The molecular formula is C17H15BrN2S. The summed E-state index contributed by atoms with van der Waals surface area (Å²) in [5, 5.41) is 1.08. The van der Waals surface area contributed by atoms with E-state index in [0.717, 1.165) is 20.3 Å². The normalized spacial score (nSPS) is 11.0. The number of aromatic nitrogens is 1. The highest BCUT2D eigenvalue weighted by molar-refractivity contribution is 9.10. The fourth-order valence-electron chi connectivity index (χ4n) is 2.29. The van der Waals surface area contributed by atoms with E-state index in [-0.39, 0.29) is 0 Å². The minimum absolute atomic E-state index is 0.713. The molecule has 0 aliphatic carbocycles. The molecule has 0 amide bonds. The highest BCUT2D eigenvalue weighted by Crippen LogP contribution is 2.39. The Hall–Kier alpha value is -1.52. The van der Waals surface area contributed by atoms with E-state index >= 15 is 0 Å². The van der Waals surface area contributed by atoms with Crippen LogP contribution in [0.25, 0.3) is 10.9 Å². The molecule has 0 atom stereocenters. The number of nitrogens with zero attached hydrogens (tertiary/aromatic N) is 1. The number of benzene rings is 2. The summed E-state index contributed by atoms with van der Waals surface area (Å²) >= 11 is 5.22. The minimum atomic E-state index is 0.713. The van der Waals surface area contributed by atoms with Crippen molar-refractivity contribution in [1.82, 2.24) is 4.98 Å². The summed E-state index contributed by atoms with van der Waals surface area (Å²) < 4.78 is 1.03. The van der Waals surface area contributed by atoms with Gasteiger partial charge in [-0.3, -0.25) is 4.98 Å². The lowest BCUT2D eigenvalue weighted by Gasteiger charge is -2.11. The Balaban J connectivity index is 2.15. The molecule has 0 radical (unpaired) electrons.